The average Bonchev–Trinajstić information content (AvgIpc) is 2.62. The standard InChI is InChI=1S/C20H27NO2/c1-16(19(22)23)17-10-12-20(13-11-17,18-8-4-2-5-9-18)21-14-6-3-7-15-21/h2,4-5,8-9H,3,6-7,10-15H2,1H3,(H,22,23). The highest BCUT2D eigenvalue weighted by Crippen LogP contribution is 2.45. The average molecular weight is 313 g/mol. The normalized spacial score (nSPS) is 26.0. The van der Waals surface area contributed by atoms with Crippen molar-refractivity contribution >= 4 is 5.97 Å². The maximum Gasteiger partial charge on any atom is 0.331 e. The van der Waals surface area contributed by atoms with E-state index in [0.29, 0.717) is 5.57 Å². The summed E-state index contributed by atoms with van der Waals surface area (Å²) in [7, 11) is 0. The molecule has 0 atom stereocenters. The van der Waals surface area contributed by atoms with Crippen molar-refractivity contribution in [2.75, 3.05) is 13.1 Å². The lowest BCUT2D eigenvalue weighted by Crippen LogP contribution is -2.50. The molecule has 1 aliphatic carbocycles. The van der Waals surface area contributed by atoms with Crippen LogP contribution in [0.4, 0.5) is 0 Å². The molecule has 23 heavy (non-hydrogen) atoms. The Labute approximate surface area is 139 Å². The summed E-state index contributed by atoms with van der Waals surface area (Å²) in [4.78, 5) is 13.9. The molecule has 3 rings (SSSR count). The number of likely N-dealkylation sites (tertiary alicyclic amines) is 1. The van der Waals surface area contributed by atoms with Crippen LogP contribution in [0.2, 0.25) is 0 Å². The van der Waals surface area contributed by atoms with E-state index in [4.69, 9.17) is 0 Å². The molecule has 1 aliphatic heterocycles. The van der Waals surface area contributed by atoms with Crippen molar-refractivity contribution in [2.24, 2.45) is 0 Å². The summed E-state index contributed by atoms with van der Waals surface area (Å²) < 4.78 is 0. The zero-order valence-corrected chi connectivity index (χ0v) is 14.1. The molecule has 3 nitrogen and oxygen atoms in total. The van der Waals surface area contributed by atoms with Crippen LogP contribution in [0, 0.1) is 0 Å². The summed E-state index contributed by atoms with van der Waals surface area (Å²) in [5, 5.41) is 9.26. The monoisotopic (exact) mass is 313 g/mol. The van der Waals surface area contributed by atoms with Gasteiger partial charge in [-0.15, -0.1) is 0 Å². The quantitative estimate of drug-likeness (QED) is 0.844. The molecule has 1 aromatic rings. The van der Waals surface area contributed by atoms with E-state index in [1.165, 1.54) is 37.9 Å². The van der Waals surface area contributed by atoms with Crippen molar-refractivity contribution in [2.45, 2.75) is 57.4 Å². The van der Waals surface area contributed by atoms with E-state index in [0.717, 1.165) is 31.3 Å². The van der Waals surface area contributed by atoms with Crippen molar-refractivity contribution in [3.63, 3.8) is 0 Å². The Bertz CT molecular complexity index is 575. The van der Waals surface area contributed by atoms with E-state index >= 15 is 0 Å². The summed E-state index contributed by atoms with van der Waals surface area (Å²) in [6.07, 6.45) is 7.79. The minimum absolute atomic E-state index is 0.101. The molecule has 0 radical (unpaired) electrons. The van der Waals surface area contributed by atoms with E-state index in [9.17, 15) is 9.90 Å². The predicted octanol–water partition coefficient (Wildman–Crippen LogP) is 4.34. The lowest BCUT2D eigenvalue weighted by Gasteiger charge is -2.49. The van der Waals surface area contributed by atoms with Gasteiger partial charge in [-0.2, -0.15) is 0 Å². The van der Waals surface area contributed by atoms with Crippen LogP contribution in [0.1, 0.15) is 57.4 Å². The highest BCUT2D eigenvalue weighted by atomic mass is 16.4. The summed E-state index contributed by atoms with van der Waals surface area (Å²) in [5.74, 6) is -0.759. The van der Waals surface area contributed by atoms with Gasteiger partial charge in [-0.05, 0) is 64.1 Å². The van der Waals surface area contributed by atoms with Crippen molar-refractivity contribution in [1.29, 1.82) is 0 Å². The van der Waals surface area contributed by atoms with Crippen LogP contribution in [0.5, 0.6) is 0 Å². The van der Waals surface area contributed by atoms with Gasteiger partial charge in [-0.25, -0.2) is 4.79 Å². The van der Waals surface area contributed by atoms with Gasteiger partial charge >= 0.3 is 5.97 Å². The molecule has 2 fully saturated rings. The smallest absolute Gasteiger partial charge is 0.331 e. The van der Waals surface area contributed by atoms with Gasteiger partial charge < -0.3 is 5.11 Å². The molecule has 1 heterocycles. The number of aliphatic carboxylic acids is 1. The second-order valence-corrected chi connectivity index (χ2v) is 6.98. The molecule has 1 saturated heterocycles. The molecular weight excluding hydrogens is 286 g/mol. The molecule has 0 amide bonds. The maximum atomic E-state index is 11.3. The van der Waals surface area contributed by atoms with E-state index in [2.05, 4.69) is 35.2 Å². The van der Waals surface area contributed by atoms with Crippen molar-refractivity contribution < 1.29 is 9.90 Å². The minimum atomic E-state index is -0.759. The SMILES string of the molecule is CC(C(=O)O)=C1CCC(c2ccccc2)(N2CCCCC2)CC1. The molecule has 1 N–H and O–H groups in total. The van der Waals surface area contributed by atoms with Gasteiger partial charge in [0.15, 0.2) is 0 Å². The third kappa shape index (κ3) is 3.20. The molecule has 1 aromatic carbocycles. The molecule has 0 unspecified atom stereocenters. The number of rotatable bonds is 3. The number of carbonyl (C=O) groups is 1. The Morgan fingerprint density at radius 1 is 1.04 bits per heavy atom. The fraction of sp³-hybridized carbons (Fsp3) is 0.550. The van der Waals surface area contributed by atoms with Crippen molar-refractivity contribution in [1.82, 2.24) is 4.90 Å². The molecule has 124 valence electrons. The van der Waals surface area contributed by atoms with E-state index < -0.39 is 5.97 Å². The molecule has 0 spiro atoms. The van der Waals surface area contributed by atoms with Gasteiger partial charge in [0.05, 0.1) is 0 Å². The van der Waals surface area contributed by atoms with Crippen LogP contribution in [0.15, 0.2) is 41.5 Å². The highest BCUT2D eigenvalue weighted by Gasteiger charge is 2.41. The van der Waals surface area contributed by atoms with Crippen LogP contribution in [0.25, 0.3) is 0 Å². The Morgan fingerprint density at radius 2 is 1.65 bits per heavy atom. The second kappa shape index (κ2) is 6.88. The summed E-state index contributed by atoms with van der Waals surface area (Å²) >= 11 is 0. The fourth-order valence-corrected chi connectivity index (χ4v) is 4.35. The van der Waals surface area contributed by atoms with Gasteiger partial charge in [-0.1, -0.05) is 42.3 Å². The Morgan fingerprint density at radius 3 is 2.22 bits per heavy atom. The molecule has 1 saturated carbocycles. The first-order chi connectivity index (χ1) is 11.1. The van der Waals surface area contributed by atoms with Crippen LogP contribution in [-0.4, -0.2) is 29.1 Å². The topological polar surface area (TPSA) is 40.5 Å². The van der Waals surface area contributed by atoms with E-state index in [-0.39, 0.29) is 5.54 Å². The Hall–Kier alpha value is -1.61. The number of piperidine rings is 1. The van der Waals surface area contributed by atoms with E-state index in [1.54, 1.807) is 6.92 Å². The number of nitrogens with zero attached hydrogens (tertiary/aromatic N) is 1. The lowest BCUT2D eigenvalue weighted by molar-refractivity contribution is -0.132. The number of hydrogen-bond acceptors (Lipinski definition) is 2. The van der Waals surface area contributed by atoms with Crippen LogP contribution in [0.3, 0.4) is 0 Å². The minimum Gasteiger partial charge on any atom is -0.478 e. The number of carboxylic acids is 1. The van der Waals surface area contributed by atoms with Crippen LogP contribution >= 0.6 is 0 Å². The number of allylic oxidation sites excluding steroid dienone is 1. The number of hydrogen-bond donors (Lipinski definition) is 1. The zero-order chi connectivity index (χ0) is 16.3. The van der Waals surface area contributed by atoms with Crippen LogP contribution < -0.4 is 0 Å². The highest BCUT2D eigenvalue weighted by molar-refractivity contribution is 5.86. The van der Waals surface area contributed by atoms with Gasteiger partial charge in [0.1, 0.15) is 0 Å². The zero-order valence-electron chi connectivity index (χ0n) is 14.1. The molecule has 0 bridgehead atoms. The van der Waals surface area contributed by atoms with Crippen molar-refractivity contribution in [3.05, 3.63) is 47.0 Å². The third-order valence-corrected chi connectivity index (χ3v) is 5.80. The Balaban J connectivity index is 1.90. The fourth-order valence-electron chi connectivity index (χ4n) is 4.35. The third-order valence-electron chi connectivity index (χ3n) is 5.80. The molecule has 2 aliphatic rings. The van der Waals surface area contributed by atoms with Crippen LogP contribution in [-0.2, 0) is 10.3 Å². The number of carboxylic acid groups (broad SMARTS) is 1. The van der Waals surface area contributed by atoms with E-state index in [1.807, 2.05) is 0 Å². The number of benzene rings is 1. The van der Waals surface area contributed by atoms with Gasteiger partial charge in [0, 0.05) is 11.1 Å². The summed E-state index contributed by atoms with van der Waals surface area (Å²) in [5.41, 5.74) is 3.21. The summed E-state index contributed by atoms with van der Waals surface area (Å²) in [6, 6.07) is 10.9. The van der Waals surface area contributed by atoms with Gasteiger partial charge in [0.25, 0.3) is 0 Å². The van der Waals surface area contributed by atoms with Gasteiger partial charge in [0.2, 0.25) is 0 Å². The first-order valence-electron chi connectivity index (χ1n) is 8.86. The largest absolute Gasteiger partial charge is 0.478 e. The van der Waals surface area contributed by atoms with Crippen molar-refractivity contribution in [3.8, 4) is 0 Å². The first-order valence-corrected chi connectivity index (χ1v) is 8.86. The van der Waals surface area contributed by atoms with Gasteiger partial charge in [-0.3, -0.25) is 4.90 Å². The molecule has 0 aromatic heterocycles. The molecular formula is C20H27NO2. The second-order valence-electron chi connectivity index (χ2n) is 6.98. The lowest BCUT2D eigenvalue weighted by atomic mass is 9.72. The molecule has 3 heteroatoms. The summed E-state index contributed by atoms with van der Waals surface area (Å²) in [6.45, 7) is 4.10. The Kier molecular flexibility index (Phi) is 4.86. The first kappa shape index (κ1) is 16.3. The maximum absolute atomic E-state index is 11.3. The predicted molar refractivity (Wildman–Crippen MR) is 92.3 cm³/mol.